The number of likely N-dealkylation sites (tertiary alicyclic amines) is 1. The van der Waals surface area contributed by atoms with Gasteiger partial charge in [0.2, 0.25) is 0 Å². The molecular weight excluding hydrogens is 545 g/mol. The predicted octanol–water partition coefficient (Wildman–Crippen LogP) is 5.04. The Labute approximate surface area is 237 Å². The van der Waals surface area contributed by atoms with Crippen molar-refractivity contribution in [3.63, 3.8) is 0 Å². The second-order valence-electron chi connectivity index (χ2n) is 11.2. The van der Waals surface area contributed by atoms with E-state index >= 15 is 0 Å². The zero-order valence-corrected chi connectivity index (χ0v) is 23.8. The quantitative estimate of drug-likeness (QED) is 0.485. The number of carbonyl (C=O) groups is 2. The van der Waals surface area contributed by atoms with Gasteiger partial charge in [-0.2, -0.15) is 13.2 Å². The number of benzene rings is 1. The Bertz CT molecular complexity index is 1230. The summed E-state index contributed by atoms with van der Waals surface area (Å²) in [5.74, 6) is 0.00215. The molecule has 2 aliphatic heterocycles. The fourth-order valence-electron chi connectivity index (χ4n) is 5.75. The molecule has 40 heavy (non-hydrogen) atoms. The molecule has 2 saturated heterocycles. The van der Waals surface area contributed by atoms with Gasteiger partial charge in [0.1, 0.15) is 11.0 Å². The molecule has 1 aromatic carbocycles. The van der Waals surface area contributed by atoms with Gasteiger partial charge in [-0.25, -0.2) is 4.98 Å². The first kappa shape index (κ1) is 30.1. The van der Waals surface area contributed by atoms with Gasteiger partial charge >= 0.3 is 6.18 Å². The highest BCUT2D eigenvalue weighted by Gasteiger charge is 2.62. The van der Waals surface area contributed by atoms with Gasteiger partial charge in [-0.3, -0.25) is 9.59 Å². The zero-order chi connectivity index (χ0) is 29.2. The van der Waals surface area contributed by atoms with E-state index in [1.54, 1.807) is 33.2 Å². The standard InChI is InChI=1S/C29H36ClF3N4O3/c1-19-5-4-6-22(17-19)28(40,29(31,32)33)27(39)37-15-11-21(12-16-37)18-20-9-13-36(14-10-20)24-8-7-23(25(30)34-24)26(38)35(2)3/h4-8,17,20-21,40H,9-16,18H2,1-3H3/t28-/m1/s1. The average Bonchev–Trinajstić information content (AvgIpc) is 2.92. The smallest absolute Gasteiger partial charge is 0.369 e. The highest BCUT2D eigenvalue weighted by atomic mass is 35.5. The number of nitrogens with zero attached hydrogens (tertiary/aromatic N) is 4. The van der Waals surface area contributed by atoms with Crippen LogP contribution in [0.25, 0.3) is 0 Å². The Morgan fingerprint density at radius 1 is 1.02 bits per heavy atom. The van der Waals surface area contributed by atoms with Crippen molar-refractivity contribution in [3.8, 4) is 0 Å². The van der Waals surface area contributed by atoms with Gasteiger partial charge in [0, 0.05) is 45.8 Å². The fraction of sp³-hybridized carbons (Fsp3) is 0.552. The van der Waals surface area contributed by atoms with Crippen LogP contribution in [0.15, 0.2) is 36.4 Å². The molecule has 1 atom stereocenters. The van der Waals surface area contributed by atoms with E-state index in [4.69, 9.17) is 11.6 Å². The highest BCUT2D eigenvalue weighted by Crippen LogP contribution is 2.42. The topological polar surface area (TPSA) is 77.0 Å². The van der Waals surface area contributed by atoms with Crippen molar-refractivity contribution < 1.29 is 27.9 Å². The fourth-order valence-corrected chi connectivity index (χ4v) is 5.98. The van der Waals surface area contributed by atoms with Crippen LogP contribution in [-0.2, 0) is 10.4 Å². The van der Waals surface area contributed by atoms with E-state index in [1.807, 2.05) is 6.07 Å². The number of carbonyl (C=O) groups excluding carboxylic acids is 2. The summed E-state index contributed by atoms with van der Waals surface area (Å²) in [6.45, 7) is 3.58. The molecule has 0 saturated carbocycles. The first-order valence-corrected chi connectivity index (χ1v) is 14.0. The van der Waals surface area contributed by atoms with Crippen LogP contribution in [0.1, 0.15) is 53.6 Å². The summed E-state index contributed by atoms with van der Waals surface area (Å²) in [4.78, 5) is 34.5. The van der Waals surface area contributed by atoms with Crippen molar-refractivity contribution >= 4 is 29.2 Å². The summed E-state index contributed by atoms with van der Waals surface area (Å²) in [6, 6.07) is 8.92. The second-order valence-corrected chi connectivity index (χ2v) is 11.5. The van der Waals surface area contributed by atoms with Gasteiger partial charge in [0.25, 0.3) is 17.4 Å². The molecule has 0 bridgehead atoms. The minimum Gasteiger partial charge on any atom is -0.369 e. The van der Waals surface area contributed by atoms with Gasteiger partial charge in [-0.15, -0.1) is 0 Å². The number of alkyl halides is 3. The first-order chi connectivity index (χ1) is 18.8. The molecule has 0 spiro atoms. The number of piperidine rings is 2. The molecule has 3 heterocycles. The van der Waals surface area contributed by atoms with Crippen LogP contribution in [0.3, 0.4) is 0 Å². The summed E-state index contributed by atoms with van der Waals surface area (Å²) in [6.07, 6.45) is -1.10. The third kappa shape index (κ3) is 6.22. The lowest BCUT2D eigenvalue weighted by Gasteiger charge is -2.40. The van der Waals surface area contributed by atoms with E-state index in [0.717, 1.165) is 49.1 Å². The number of halogens is 4. The lowest BCUT2D eigenvalue weighted by atomic mass is 9.82. The molecule has 1 N–H and O–H groups in total. The summed E-state index contributed by atoms with van der Waals surface area (Å²) in [7, 11) is 3.32. The van der Waals surface area contributed by atoms with E-state index in [-0.39, 0.29) is 24.1 Å². The molecular formula is C29H36ClF3N4O3. The highest BCUT2D eigenvalue weighted by molar-refractivity contribution is 6.32. The number of amides is 2. The van der Waals surface area contributed by atoms with Crippen molar-refractivity contribution in [1.82, 2.24) is 14.8 Å². The van der Waals surface area contributed by atoms with Gasteiger partial charge < -0.3 is 19.8 Å². The Hall–Kier alpha value is -2.85. The minimum atomic E-state index is -5.13. The molecule has 2 amide bonds. The SMILES string of the molecule is Cc1cccc([C@@](O)(C(=O)N2CCC(CC3CCN(c4ccc(C(=O)N(C)C)c(Cl)n4)CC3)CC2)C(F)(F)F)c1. The van der Waals surface area contributed by atoms with E-state index in [0.29, 0.717) is 35.8 Å². The number of pyridine rings is 1. The Morgan fingerprint density at radius 3 is 2.15 bits per heavy atom. The third-order valence-corrected chi connectivity index (χ3v) is 8.42. The summed E-state index contributed by atoms with van der Waals surface area (Å²) < 4.78 is 42.1. The molecule has 1 aromatic heterocycles. The third-order valence-electron chi connectivity index (χ3n) is 8.13. The molecule has 7 nitrogen and oxygen atoms in total. The van der Waals surface area contributed by atoms with Crippen LogP contribution in [0.5, 0.6) is 0 Å². The van der Waals surface area contributed by atoms with Crippen LogP contribution in [0, 0.1) is 18.8 Å². The summed E-state index contributed by atoms with van der Waals surface area (Å²) in [5, 5.41) is 10.9. The molecule has 0 radical (unpaired) electrons. The van der Waals surface area contributed by atoms with E-state index in [1.165, 1.54) is 17.0 Å². The number of rotatable bonds is 6. The monoisotopic (exact) mass is 580 g/mol. The first-order valence-electron chi connectivity index (χ1n) is 13.6. The molecule has 0 unspecified atom stereocenters. The number of aryl methyl sites for hydroxylation is 1. The van der Waals surface area contributed by atoms with Gasteiger partial charge in [-0.1, -0.05) is 41.4 Å². The molecule has 11 heteroatoms. The number of anilines is 1. The van der Waals surface area contributed by atoms with Crippen molar-refractivity contribution in [2.75, 3.05) is 45.2 Å². The number of aromatic nitrogens is 1. The van der Waals surface area contributed by atoms with Crippen LogP contribution >= 0.6 is 11.6 Å². The molecule has 4 rings (SSSR count). The molecule has 218 valence electrons. The molecule has 2 fully saturated rings. The van der Waals surface area contributed by atoms with Crippen molar-refractivity contribution in [2.24, 2.45) is 11.8 Å². The maximum atomic E-state index is 14.0. The molecule has 2 aliphatic rings. The maximum Gasteiger partial charge on any atom is 0.430 e. The Kier molecular flexibility index (Phi) is 8.99. The lowest BCUT2D eigenvalue weighted by molar-refractivity contribution is -0.262. The van der Waals surface area contributed by atoms with Crippen molar-refractivity contribution in [2.45, 2.75) is 50.8 Å². The van der Waals surface area contributed by atoms with Gasteiger partial charge in [0.15, 0.2) is 0 Å². The van der Waals surface area contributed by atoms with Crippen LogP contribution < -0.4 is 4.90 Å². The summed E-state index contributed by atoms with van der Waals surface area (Å²) in [5.41, 5.74) is -3.11. The van der Waals surface area contributed by atoms with Crippen LogP contribution in [0.2, 0.25) is 5.15 Å². The van der Waals surface area contributed by atoms with E-state index in [2.05, 4.69) is 9.88 Å². The van der Waals surface area contributed by atoms with Crippen LogP contribution in [0.4, 0.5) is 19.0 Å². The van der Waals surface area contributed by atoms with E-state index in [9.17, 15) is 27.9 Å². The van der Waals surface area contributed by atoms with E-state index < -0.39 is 23.2 Å². The minimum absolute atomic E-state index is 0.180. The Morgan fingerprint density at radius 2 is 1.62 bits per heavy atom. The lowest BCUT2D eigenvalue weighted by Crippen LogP contribution is -2.57. The zero-order valence-electron chi connectivity index (χ0n) is 23.0. The average molecular weight is 581 g/mol. The normalized spacial score (nSPS) is 18.9. The largest absolute Gasteiger partial charge is 0.430 e. The van der Waals surface area contributed by atoms with Crippen molar-refractivity contribution in [3.05, 3.63) is 58.2 Å². The van der Waals surface area contributed by atoms with Gasteiger partial charge in [-0.05, 0) is 63.0 Å². The van der Waals surface area contributed by atoms with Crippen molar-refractivity contribution in [1.29, 1.82) is 0 Å². The number of hydrogen-bond acceptors (Lipinski definition) is 5. The molecule has 0 aliphatic carbocycles. The van der Waals surface area contributed by atoms with Gasteiger partial charge in [0.05, 0.1) is 5.56 Å². The number of aliphatic hydroxyl groups is 1. The maximum absolute atomic E-state index is 14.0. The summed E-state index contributed by atoms with van der Waals surface area (Å²) >= 11 is 6.28. The second kappa shape index (κ2) is 11.9. The molecule has 2 aromatic rings. The predicted molar refractivity (Wildman–Crippen MR) is 147 cm³/mol. The number of hydrogen-bond donors (Lipinski definition) is 1. The Balaban J connectivity index is 1.30. The van der Waals surface area contributed by atoms with Crippen LogP contribution in [-0.4, -0.2) is 78.2 Å².